The predicted octanol–water partition coefficient (Wildman–Crippen LogP) is 3.51. The molecule has 3 aliphatic rings. The van der Waals surface area contributed by atoms with Gasteiger partial charge in [-0.2, -0.15) is 23.1 Å². The molecule has 5 N–H and O–H groups in total. The summed E-state index contributed by atoms with van der Waals surface area (Å²) in [6.45, 7) is 6.67. The number of benzene rings is 2. The summed E-state index contributed by atoms with van der Waals surface area (Å²) in [7, 11) is 0. The van der Waals surface area contributed by atoms with Crippen LogP contribution in [0.15, 0.2) is 67.0 Å². The Hall–Kier alpha value is -5.04. The van der Waals surface area contributed by atoms with Gasteiger partial charge in [0.05, 0.1) is 25.0 Å². The number of imidazole rings is 1. The first-order valence-electron chi connectivity index (χ1n) is 17.3. The quantitative estimate of drug-likeness (QED) is 0.175. The summed E-state index contributed by atoms with van der Waals surface area (Å²) < 4.78 is 44.8. The second-order valence-corrected chi connectivity index (χ2v) is 14.3. The van der Waals surface area contributed by atoms with Crippen LogP contribution in [0.5, 0.6) is 0 Å². The van der Waals surface area contributed by atoms with E-state index < -0.39 is 48.9 Å². The van der Waals surface area contributed by atoms with Crippen LogP contribution in [0.1, 0.15) is 50.5 Å². The van der Waals surface area contributed by atoms with Gasteiger partial charge in [-0.05, 0) is 38.3 Å². The fourth-order valence-electron chi connectivity index (χ4n) is 6.91. The zero-order chi connectivity index (χ0) is 38.9. The number of hydrogen-bond acceptors (Lipinski definition) is 12. The number of carbonyl (C=O) groups is 2. The molecule has 54 heavy (non-hydrogen) atoms. The zero-order valence-electron chi connectivity index (χ0n) is 29.7. The third-order valence-electron chi connectivity index (χ3n) is 9.45. The van der Waals surface area contributed by atoms with E-state index in [0.717, 1.165) is 17.5 Å². The molecule has 0 aliphatic carbocycles. The molecule has 6 atom stereocenters. The molecular weight excluding hydrogens is 715 g/mol. The lowest BCUT2D eigenvalue weighted by Crippen LogP contribution is -2.50. The number of rotatable bonds is 8. The Labute approximate surface area is 308 Å². The topological polar surface area (TPSA) is 196 Å². The van der Waals surface area contributed by atoms with Gasteiger partial charge in [0.2, 0.25) is 5.95 Å². The summed E-state index contributed by atoms with van der Waals surface area (Å²) in [5, 5.41) is 41.7. The van der Waals surface area contributed by atoms with Crippen LogP contribution < -0.4 is 10.2 Å². The molecule has 5 heterocycles. The predicted molar refractivity (Wildman–Crippen MR) is 188 cm³/mol. The molecule has 2 aromatic carbocycles. The number of carboxylic acids is 1. The molecule has 0 saturated carbocycles. The molecule has 0 spiro atoms. The number of aliphatic hydroxyl groups excluding tert-OH is 3. The van der Waals surface area contributed by atoms with E-state index in [1.165, 1.54) is 6.33 Å². The van der Waals surface area contributed by atoms with Gasteiger partial charge in [0.1, 0.15) is 23.9 Å². The van der Waals surface area contributed by atoms with Gasteiger partial charge in [0.25, 0.3) is 0 Å². The van der Waals surface area contributed by atoms with Gasteiger partial charge in [0, 0.05) is 25.6 Å². The number of anilines is 2. The highest BCUT2D eigenvalue weighted by Gasteiger charge is 2.48. The lowest BCUT2D eigenvalue weighted by atomic mass is 9.91. The molecule has 290 valence electrons. The number of fused-ring (bicyclic) bond motifs is 3. The molecule has 3 fully saturated rings. The van der Waals surface area contributed by atoms with Gasteiger partial charge in [-0.15, -0.1) is 0 Å². The summed E-state index contributed by atoms with van der Waals surface area (Å²) in [5.41, 5.74) is 2.60. The lowest BCUT2D eigenvalue weighted by Gasteiger charge is -2.35. The second kappa shape index (κ2) is 15.4. The van der Waals surface area contributed by atoms with Crippen LogP contribution in [0.25, 0.3) is 11.2 Å². The van der Waals surface area contributed by atoms with E-state index in [2.05, 4.69) is 39.5 Å². The number of hydrogen-bond donors (Lipinski definition) is 5. The van der Waals surface area contributed by atoms with Crippen molar-refractivity contribution in [1.29, 1.82) is 0 Å². The van der Waals surface area contributed by atoms with Crippen molar-refractivity contribution in [3.05, 3.63) is 78.1 Å². The van der Waals surface area contributed by atoms with E-state index >= 15 is 0 Å². The van der Waals surface area contributed by atoms with Crippen LogP contribution in [0.2, 0.25) is 0 Å². The monoisotopic (exact) mass is 757 g/mol. The van der Waals surface area contributed by atoms with Crippen molar-refractivity contribution in [2.75, 3.05) is 36.5 Å². The maximum Gasteiger partial charge on any atom is 0.490 e. The third kappa shape index (κ3) is 8.20. The number of piperazine rings is 1. The smallest absolute Gasteiger partial charge is 0.475 e. The van der Waals surface area contributed by atoms with Crippen molar-refractivity contribution in [1.82, 2.24) is 24.4 Å². The Morgan fingerprint density at radius 3 is 2.07 bits per heavy atom. The number of nitrogens with zero attached hydrogens (tertiary/aromatic N) is 6. The maximum absolute atomic E-state index is 12.9. The fraction of sp³-hybridized carbons (Fsp3) is 0.472. The highest BCUT2D eigenvalue weighted by Crippen LogP contribution is 2.38. The molecular formula is C36H42F3N7O8. The molecule has 15 nitrogen and oxygen atoms in total. The van der Waals surface area contributed by atoms with Crippen LogP contribution in [0, 0.1) is 0 Å². The number of amides is 1. The van der Waals surface area contributed by atoms with Crippen molar-refractivity contribution in [3.63, 3.8) is 0 Å². The highest BCUT2D eigenvalue weighted by atomic mass is 19.4. The molecule has 18 heteroatoms. The largest absolute Gasteiger partial charge is 0.490 e. The van der Waals surface area contributed by atoms with Crippen molar-refractivity contribution in [2.24, 2.45) is 0 Å². The van der Waals surface area contributed by atoms with Gasteiger partial charge in [-0.3, -0.25) is 4.57 Å². The Kier molecular flexibility index (Phi) is 11.0. The Bertz CT molecular complexity index is 1890. The number of aliphatic hydroxyl groups is 3. The third-order valence-corrected chi connectivity index (χ3v) is 9.45. The van der Waals surface area contributed by atoms with E-state index in [1.807, 2.05) is 57.2 Å². The number of carbonyl (C=O) groups excluding carboxylic acids is 1. The van der Waals surface area contributed by atoms with Gasteiger partial charge in [0.15, 0.2) is 23.2 Å². The van der Waals surface area contributed by atoms with Crippen molar-refractivity contribution < 1.29 is 52.7 Å². The number of aromatic nitrogens is 4. The van der Waals surface area contributed by atoms with Crippen molar-refractivity contribution >= 4 is 35.0 Å². The van der Waals surface area contributed by atoms with Gasteiger partial charge >= 0.3 is 18.2 Å². The highest BCUT2D eigenvalue weighted by molar-refractivity contribution is 5.85. The van der Waals surface area contributed by atoms with Crippen molar-refractivity contribution in [2.45, 2.75) is 81.5 Å². The summed E-state index contributed by atoms with van der Waals surface area (Å²) in [5.74, 6) is -1.77. The average Bonchev–Trinajstić information content (AvgIpc) is 3.92. The molecule has 4 aromatic rings. The molecule has 3 aliphatic heterocycles. The average molecular weight is 758 g/mol. The fourth-order valence-corrected chi connectivity index (χ4v) is 6.91. The van der Waals surface area contributed by atoms with Crippen LogP contribution >= 0.6 is 0 Å². The first-order chi connectivity index (χ1) is 25.6. The summed E-state index contributed by atoms with van der Waals surface area (Å²) in [4.78, 5) is 40.3. The summed E-state index contributed by atoms with van der Waals surface area (Å²) >= 11 is 0. The van der Waals surface area contributed by atoms with E-state index in [0.29, 0.717) is 42.6 Å². The Balaban J connectivity index is 0.000000649. The second-order valence-electron chi connectivity index (χ2n) is 14.3. The number of carboxylic acid groups (broad SMARTS) is 1. The van der Waals surface area contributed by atoms with E-state index in [9.17, 15) is 33.3 Å². The molecule has 3 saturated heterocycles. The van der Waals surface area contributed by atoms with Gasteiger partial charge in [-0.25, -0.2) is 14.6 Å². The van der Waals surface area contributed by atoms with E-state index in [-0.39, 0.29) is 24.1 Å². The number of nitrogens with one attached hydrogen (secondary N) is 1. The molecule has 1 amide bonds. The van der Waals surface area contributed by atoms with Crippen LogP contribution in [0.4, 0.5) is 29.7 Å². The van der Waals surface area contributed by atoms with Crippen LogP contribution in [-0.2, 0) is 14.3 Å². The van der Waals surface area contributed by atoms with Gasteiger partial charge in [-0.1, -0.05) is 60.7 Å². The minimum atomic E-state index is -5.08. The first kappa shape index (κ1) is 38.7. The molecule has 7 rings (SSSR count). The summed E-state index contributed by atoms with van der Waals surface area (Å²) in [6.07, 6.45) is -7.66. The normalized spacial score (nSPS) is 23.8. The number of aliphatic carboxylic acids is 1. The standard InChI is InChI=1S/C34H41N7O6.C2HF3O2/c1-34(2,3)47-33(45)40-17-22-14-23(40)16-39(22)32-37-29(35-15-24(20-10-6-4-7-11-20)21-12-8-5-9-13-21)26-30(38-32)41(19-36-26)31-28(44)27(43)25(18-42)46-31;3-2(4,5)1(6)7/h4-13,19,22-25,27-28,31,42-44H,14-18H2,1-3H3,(H,35,37,38);(H,6,7)/t22?,23?,25-,27-,28-,31-;/m1./s1. The van der Waals surface area contributed by atoms with E-state index in [4.69, 9.17) is 29.3 Å². The number of likely N-dealkylation sites (tertiary alicyclic amines) is 1. The maximum atomic E-state index is 12.9. The molecule has 2 unspecified atom stereocenters. The molecule has 2 bridgehead atoms. The minimum absolute atomic E-state index is 0.00973. The van der Waals surface area contributed by atoms with Crippen molar-refractivity contribution in [3.8, 4) is 0 Å². The number of halogens is 3. The van der Waals surface area contributed by atoms with Crippen LogP contribution in [-0.4, -0.2) is 125 Å². The SMILES string of the molecule is CC(C)(C)OC(=O)N1CC2CC1CN2c1nc(NCC(c2ccccc2)c2ccccc2)c2ncn([C@@H]3O[C@H](CO)[C@@H](O)[C@H]3O)c2n1.O=C(O)C(F)(F)F. The molecule has 2 aromatic heterocycles. The van der Waals surface area contributed by atoms with Gasteiger partial charge < -0.3 is 45.0 Å². The number of alkyl halides is 3. The zero-order valence-corrected chi connectivity index (χ0v) is 29.7. The number of ether oxygens (including phenoxy) is 2. The lowest BCUT2D eigenvalue weighted by molar-refractivity contribution is -0.192. The Morgan fingerprint density at radius 1 is 0.963 bits per heavy atom. The molecule has 0 radical (unpaired) electrons. The minimum Gasteiger partial charge on any atom is -0.475 e. The Morgan fingerprint density at radius 2 is 1.57 bits per heavy atom. The first-order valence-corrected chi connectivity index (χ1v) is 17.3. The van der Waals surface area contributed by atoms with E-state index in [1.54, 1.807) is 9.47 Å². The summed E-state index contributed by atoms with van der Waals surface area (Å²) in [6, 6.07) is 20.5. The van der Waals surface area contributed by atoms with Crippen LogP contribution in [0.3, 0.4) is 0 Å².